The van der Waals surface area contributed by atoms with Crippen molar-refractivity contribution < 1.29 is 9.90 Å². The van der Waals surface area contributed by atoms with Crippen molar-refractivity contribution in [2.24, 2.45) is 0 Å². The van der Waals surface area contributed by atoms with Crippen molar-refractivity contribution in [3.05, 3.63) is 53.7 Å². The first-order chi connectivity index (χ1) is 9.63. The molecule has 0 saturated heterocycles. The lowest BCUT2D eigenvalue weighted by Crippen LogP contribution is -2.11. The number of anilines is 1. The molecule has 0 unspecified atom stereocenters. The Hall–Kier alpha value is -2.82. The zero-order valence-corrected chi connectivity index (χ0v) is 10.8. The van der Waals surface area contributed by atoms with Gasteiger partial charge in [-0.25, -0.2) is 0 Å². The largest absolute Gasteiger partial charge is 0.508 e. The summed E-state index contributed by atoms with van der Waals surface area (Å²) in [5.74, 6) is -0.0726. The van der Waals surface area contributed by atoms with E-state index in [1.54, 1.807) is 37.4 Å². The van der Waals surface area contributed by atoms with Gasteiger partial charge in [-0.2, -0.15) is 5.10 Å². The van der Waals surface area contributed by atoms with E-state index in [2.05, 4.69) is 15.5 Å². The summed E-state index contributed by atoms with van der Waals surface area (Å²) in [5, 5.41) is 20.1. The zero-order chi connectivity index (χ0) is 14.1. The van der Waals surface area contributed by atoms with Crippen molar-refractivity contribution in [1.29, 1.82) is 0 Å². The van der Waals surface area contributed by atoms with E-state index in [9.17, 15) is 9.90 Å². The summed E-state index contributed by atoms with van der Waals surface area (Å²) in [4.78, 5) is 12.1. The fraction of sp³-hybridized carbons (Fsp3) is 0.0667. The Morgan fingerprint density at radius 2 is 2.10 bits per heavy atom. The van der Waals surface area contributed by atoms with E-state index in [0.717, 1.165) is 16.5 Å². The third-order valence-corrected chi connectivity index (χ3v) is 3.17. The van der Waals surface area contributed by atoms with Crippen LogP contribution in [0.15, 0.2) is 42.6 Å². The Morgan fingerprint density at radius 1 is 1.25 bits per heavy atom. The molecule has 5 nitrogen and oxygen atoms in total. The highest BCUT2D eigenvalue weighted by molar-refractivity contribution is 6.06. The summed E-state index contributed by atoms with van der Waals surface area (Å²) in [7, 11) is 0. The first-order valence-corrected chi connectivity index (χ1v) is 6.17. The van der Waals surface area contributed by atoms with Crippen LogP contribution in [0.25, 0.3) is 10.9 Å². The third-order valence-electron chi connectivity index (χ3n) is 3.17. The van der Waals surface area contributed by atoms with Gasteiger partial charge in [-0.1, -0.05) is 12.1 Å². The number of fused-ring (bicyclic) bond motifs is 1. The zero-order valence-electron chi connectivity index (χ0n) is 10.8. The molecular formula is C15H13N3O2. The maximum Gasteiger partial charge on any atom is 0.255 e. The van der Waals surface area contributed by atoms with E-state index < -0.39 is 0 Å². The highest BCUT2D eigenvalue weighted by Gasteiger charge is 2.08. The van der Waals surface area contributed by atoms with Crippen molar-refractivity contribution in [3.63, 3.8) is 0 Å². The molecule has 0 aliphatic rings. The molecule has 0 spiro atoms. The average molecular weight is 267 g/mol. The third kappa shape index (κ3) is 2.21. The molecule has 3 aromatic rings. The minimum Gasteiger partial charge on any atom is -0.508 e. The van der Waals surface area contributed by atoms with Crippen LogP contribution in [0.4, 0.5) is 5.69 Å². The monoisotopic (exact) mass is 267 g/mol. The number of aryl methyl sites for hydroxylation is 1. The number of amides is 1. The molecule has 0 aliphatic heterocycles. The first kappa shape index (κ1) is 12.2. The highest BCUT2D eigenvalue weighted by Crippen LogP contribution is 2.21. The topological polar surface area (TPSA) is 78.0 Å². The molecule has 20 heavy (non-hydrogen) atoms. The Morgan fingerprint density at radius 3 is 2.90 bits per heavy atom. The molecule has 0 saturated carbocycles. The number of aromatic nitrogens is 2. The Labute approximate surface area is 115 Å². The summed E-state index contributed by atoms with van der Waals surface area (Å²) in [6.45, 7) is 1.80. The van der Waals surface area contributed by atoms with Crippen LogP contribution in [0.1, 0.15) is 15.9 Å². The van der Waals surface area contributed by atoms with Gasteiger partial charge in [-0.3, -0.25) is 9.89 Å². The molecule has 3 rings (SSSR count). The molecule has 0 radical (unpaired) electrons. The molecule has 0 atom stereocenters. The first-order valence-electron chi connectivity index (χ1n) is 6.17. The molecule has 5 heteroatoms. The minimum absolute atomic E-state index is 0.159. The van der Waals surface area contributed by atoms with Crippen LogP contribution in [0, 0.1) is 6.92 Å². The van der Waals surface area contributed by atoms with Gasteiger partial charge in [0, 0.05) is 22.7 Å². The van der Waals surface area contributed by atoms with Gasteiger partial charge in [-0.15, -0.1) is 0 Å². The predicted molar refractivity (Wildman–Crippen MR) is 76.9 cm³/mol. The number of phenols is 1. The van der Waals surface area contributed by atoms with Gasteiger partial charge in [-0.05, 0) is 30.7 Å². The van der Waals surface area contributed by atoms with E-state index in [0.29, 0.717) is 11.3 Å². The van der Waals surface area contributed by atoms with Crippen LogP contribution in [-0.2, 0) is 0 Å². The molecular weight excluding hydrogens is 254 g/mol. The van der Waals surface area contributed by atoms with E-state index >= 15 is 0 Å². The van der Waals surface area contributed by atoms with E-state index in [1.807, 2.05) is 6.07 Å². The predicted octanol–water partition coefficient (Wildman–Crippen LogP) is 2.83. The summed E-state index contributed by atoms with van der Waals surface area (Å²) in [6, 6.07) is 10.3. The molecule has 0 fully saturated rings. The number of nitrogens with zero attached hydrogens (tertiary/aromatic N) is 1. The number of carbonyl (C=O) groups is 1. The normalized spacial score (nSPS) is 10.7. The smallest absolute Gasteiger partial charge is 0.255 e. The molecule has 0 bridgehead atoms. The van der Waals surface area contributed by atoms with Crippen molar-refractivity contribution >= 4 is 22.5 Å². The summed E-state index contributed by atoms with van der Waals surface area (Å²) >= 11 is 0. The maximum absolute atomic E-state index is 12.1. The van der Waals surface area contributed by atoms with Gasteiger partial charge >= 0.3 is 0 Å². The number of aromatic amines is 1. The number of aromatic hydroxyl groups is 1. The van der Waals surface area contributed by atoms with Gasteiger partial charge < -0.3 is 10.4 Å². The molecule has 1 aromatic heterocycles. The number of nitrogens with one attached hydrogen (secondary N) is 2. The number of rotatable bonds is 2. The minimum atomic E-state index is -0.232. The van der Waals surface area contributed by atoms with Gasteiger partial charge in [0.05, 0.1) is 11.7 Å². The standard InChI is InChI=1S/C15H13N3O2/c1-9-2-5-12(7-14(9)19)17-15(20)10-3-4-11-8-16-18-13(11)6-10/h2-8,19H,1H3,(H,16,18)(H,17,20). The summed E-state index contributed by atoms with van der Waals surface area (Å²) in [6.07, 6.45) is 1.70. The molecule has 2 aromatic carbocycles. The molecule has 3 N–H and O–H groups in total. The van der Waals surface area contributed by atoms with Gasteiger partial charge in [0.1, 0.15) is 5.75 Å². The van der Waals surface area contributed by atoms with E-state index in [-0.39, 0.29) is 11.7 Å². The average Bonchev–Trinajstić information content (AvgIpc) is 2.90. The van der Waals surface area contributed by atoms with E-state index in [1.165, 1.54) is 6.07 Å². The fourth-order valence-corrected chi connectivity index (χ4v) is 1.97. The van der Waals surface area contributed by atoms with Crippen LogP contribution in [-0.4, -0.2) is 21.2 Å². The fourth-order valence-electron chi connectivity index (χ4n) is 1.97. The van der Waals surface area contributed by atoms with Crippen LogP contribution in [0.3, 0.4) is 0 Å². The van der Waals surface area contributed by atoms with E-state index in [4.69, 9.17) is 0 Å². The Balaban J connectivity index is 1.86. The molecule has 0 aliphatic carbocycles. The number of hydrogen-bond donors (Lipinski definition) is 3. The second-order valence-corrected chi connectivity index (χ2v) is 4.63. The summed E-state index contributed by atoms with van der Waals surface area (Å²) in [5.41, 5.74) is 2.66. The number of H-pyrrole nitrogens is 1. The summed E-state index contributed by atoms with van der Waals surface area (Å²) < 4.78 is 0. The quantitative estimate of drug-likeness (QED) is 0.668. The lowest BCUT2D eigenvalue weighted by atomic mass is 10.1. The second kappa shape index (κ2) is 4.70. The number of carbonyl (C=O) groups excluding carboxylic acids is 1. The SMILES string of the molecule is Cc1ccc(NC(=O)c2ccc3cn[nH]c3c2)cc1O. The van der Waals surface area contributed by atoms with Crippen LogP contribution in [0.5, 0.6) is 5.75 Å². The molecule has 1 heterocycles. The van der Waals surface area contributed by atoms with Crippen LogP contribution in [0.2, 0.25) is 0 Å². The Kier molecular flexibility index (Phi) is 2.87. The number of hydrogen-bond acceptors (Lipinski definition) is 3. The van der Waals surface area contributed by atoms with Gasteiger partial charge in [0.15, 0.2) is 0 Å². The van der Waals surface area contributed by atoms with Gasteiger partial charge in [0.25, 0.3) is 5.91 Å². The highest BCUT2D eigenvalue weighted by atomic mass is 16.3. The maximum atomic E-state index is 12.1. The van der Waals surface area contributed by atoms with Crippen LogP contribution < -0.4 is 5.32 Å². The van der Waals surface area contributed by atoms with Crippen molar-refractivity contribution in [2.45, 2.75) is 6.92 Å². The molecule has 1 amide bonds. The van der Waals surface area contributed by atoms with Crippen molar-refractivity contribution in [1.82, 2.24) is 10.2 Å². The Bertz CT molecular complexity index is 793. The number of phenolic OH excluding ortho intramolecular Hbond substituents is 1. The lowest BCUT2D eigenvalue weighted by molar-refractivity contribution is 0.102. The number of benzene rings is 2. The van der Waals surface area contributed by atoms with Gasteiger partial charge in [0.2, 0.25) is 0 Å². The van der Waals surface area contributed by atoms with Crippen molar-refractivity contribution in [2.75, 3.05) is 5.32 Å². The van der Waals surface area contributed by atoms with Crippen LogP contribution >= 0.6 is 0 Å². The molecule has 100 valence electrons. The second-order valence-electron chi connectivity index (χ2n) is 4.63. The lowest BCUT2D eigenvalue weighted by Gasteiger charge is -2.07. The van der Waals surface area contributed by atoms with Crippen molar-refractivity contribution in [3.8, 4) is 5.75 Å².